The number of hydrogen-bond donors (Lipinski definition) is 1. The van der Waals surface area contributed by atoms with Gasteiger partial charge in [0.2, 0.25) is 11.7 Å². The summed E-state index contributed by atoms with van der Waals surface area (Å²) in [5.74, 6) is 1.61. The third-order valence-electron chi connectivity index (χ3n) is 4.02. The van der Waals surface area contributed by atoms with Crippen LogP contribution in [0, 0.1) is 6.92 Å². The molecule has 7 nitrogen and oxygen atoms in total. The van der Waals surface area contributed by atoms with Crippen molar-refractivity contribution in [2.45, 2.75) is 38.9 Å². The zero-order valence-electron chi connectivity index (χ0n) is 13.6. The molecule has 2 aromatic rings. The van der Waals surface area contributed by atoms with Gasteiger partial charge >= 0.3 is 0 Å². The predicted molar refractivity (Wildman–Crippen MR) is 85.6 cm³/mol. The van der Waals surface area contributed by atoms with E-state index in [-0.39, 0.29) is 18.6 Å². The molecule has 128 valence electrons. The van der Waals surface area contributed by atoms with E-state index in [0.29, 0.717) is 42.5 Å². The van der Waals surface area contributed by atoms with Gasteiger partial charge in [0.05, 0.1) is 6.10 Å². The van der Waals surface area contributed by atoms with E-state index in [1.54, 1.807) is 36.1 Å². The van der Waals surface area contributed by atoms with Crippen molar-refractivity contribution in [1.82, 2.24) is 15.0 Å². The van der Waals surface area contributed by atoms with Crippen LogP contribution in [0.5, 0.6) is 5.75 Å². The Morgan fingerprint density at radius 1 is 1.33 bits per heavy atom. The Balaban J connectivity index is 1.58. The number of aliphatic hydroxyl groups is 1. The van der Waals surface area contributed by atoms with E-state index in [1.165, 1.54) is 0 Å². The van der Waals surface area contributed by atoms with Crippen molar-refractivity contribution in [3.05, 3.63) is 41.5 Å². The van der Waals surface area contributed by atoms with Crippen molar-refractivity contribution in [3.8, 4) is 5.75 Å². The third kappa shape index (κ3) is 4.11. The first-order valence-corrected chi connectivity index (χ1v) is 8.11. The zero-order valence-corrected chi connectivity index (χ0v) is 13.6. The van der Waals surface area contributed by atoms with E-state index in [4.69, 9.17) is 9.26 Å². The summed E-state index contributed by atoms with van der Waals surface area (Å²) in [5.41, 5.74) is 0.620. The lowest BCUT2D eigenvalue weighted by Crippen LogP contribution is -2.32. The summed E-state index contributed by atoms with van der Waals surface area (Å²) in [6.45, 7) is 3.22. The summed E-state index contributed by atoms with van der Waals surface area (Å²) >= 11 is 0. The maximum absolute atomic E-state index is 12.5. The van der Waals surface area contributed by atoms with E-state index in [1.807, 2.05) is 0 Å². The first kappa shape index (κ1) is 16.4. The lowest BCUT2D eigenvalue weighted by molar-refractivity contribution is 0.0753. The number of nitrogens with zero attached hydrogens (tertiary/aromatic N) is 3. The van der Waals surface area contributed by atoms with Crippen LogP contribution in [0.4, 0.5) is 0 Å². The van der Waals surface area contributed by atoms with Crippen molar-refractivity contribution in [2.75, 3.05) is 13.1 Å². The van der Waals surface area contributed by atoms with Crippen LogP contribution >= 0.6 is 0 Å². The van der Waals surface area contributed by atoms with Crippen LogP contribution in [0.3, 0.4) is 0 Å². The zero-order chi connectivity index (χ0) is 16.9. The molecule has 1 unspecified atom stereocenters. The van der Waals surface area contributed by atoms with Gasteiger partial charge in [-0.25, -0.2) is 0 Å². The van der Waals surface area contributed by atoms with Crippen LogP contribution in [0.15, 0.2) is 28.8 Å². The minimum atomic E-state index is -0.299. The highest BCUT2D eigenvalue weighted by atomic mass is 16.5. The Bertz CT molecular complexity index is 683. The van der Waals surface area contributed by atoms with E-state index in [2.05, 4.69) is 10.1 Å². The second-order valence-corrected chi connectivity index (χ2v) is 5.92. The highest BCUT2D eigenvalue weighted by Gasteiger charge is 2.20. The molecule has 0 bridgehead atoms. The SMILES string of the molecule is Cc1nc(COc2ccc(C(=O)N3CCCC(O)CC3)cc2)no1. The molecule has 1 atom stereocenters. The van der Waals surface area contributed by atoms with Crippen molar-refractivity contribution in [1.29, 1.82) is 0 Å². The standard InChI is InChI=1S/C17H21N3O4/c1-12-18-16(19-24-12)11-23-15-6-4-13(5-7-15)17(22)20-9-2-3-14(21)8-10-20/h4-7,14,21H,2-3,8-11H2,1H3. The Morgan fingerprint density at radius 2 is 2.12 bits per heavy atom. The molecule has 1 amide bonds. The summed E-state index contributed by atoms with van der Waals surface area (Å²) in [7, 11) is 0. The normalized spacial score (nSPS) is 18.2. The average Bonchev–Trinajstić information content (AvgIpc) is 2.88. The maximum Gasteiger partial charge on any atom is 0.253 e. The number of carbonyl (C=O) groups is 1. The first-order valence-electron chi connectivity index (χ1n) is 8.11. The summed E-state index contributed by atoms with van der Waals surface area (Å²) < 4.78 is 10.5. The first-order chi connectivity index (χ1) is 11.6. The molecule has 7 heteroatoms. The number of carbonyl (C=O) groups excluding carboxylic acids is 1. The molecule has 1 aliphatic heterocycles. The molecule has 1 aromatic carbocycles. The highest BCUT2D eigenvalue weighted by Crippen LogP contribution is 2.17. The highest BCUT2D eigenvalue weighted by molar-refractivity contribution is 5.94. The molecule has 0 saturated carbocycles. The van der Waals surface area contributed by atoms with Gasteiger partial charge < -0.3 is 19.3 Å². The van der Waals surface area contributed by atoms with Gasteiger partial charge in [0.1, 0.15) is 5.75 Å². The Hall–Kier alpha value is -2.41. The molecule has 1 saturated heterocycles. The molecule has 3 rings (SSSR count). The van der Waals surface area contributed by atoms with Crippen LogP contribution < -0.4 is 4.74 Å². The van der Waals surface area contributed by atoms with E-state index in [9.17, 15) is 9.90 Å². The van der Waals surface area contributed by atoms with Crippen molar-refractivity contribution >= 4 is 5.91 Å². The third-order valence-corrected chi connectivity index (χ3v) is 4.02. The summed E-state index contributed by atoms with van der Waals surface area (Å²) in [6.07, 6.45) is 1.92. The Kier molecular flexibility index (Phi) is 5.10. The summed E-state index contributed by atoms with van der Waals surface area (Å²) in [5, 5.41) is 13.4. The molecule has 24 heavy (non-hydrogen) atoms. The number of aliphatic hydroxyl groups excluding tert-OH is 1. The van der Waals surface area contributed by atoms with Gasteiger partial charge in [0.25, 0.3) is 5.91 Å². The van der Waals surface area contributed by atoms with Crippen molar-refractivity contribution in [3.63, 3.8) is 0 Å². The molecule has 0 spiro atoms. The second-order valence-electron chi connectivity index (χ2n) is 5.92. The fourth-order valence-corrected chi connectivity index (χ4v) is 2.71. The summed E-state index contributed by atoms with van der Waals surface area (Å²) in [4.78, 5) is 18.4. The number of amides is 1. The van der Waals surface area contributed by atoms with E-state index >= 15 is 0 Å². The van der Waals surface area contributed by atoms with Gasteiger partial charge in [0, 0.05) is 25.6 Å². The smallest absolute Gasteiger partial charge is 0.253 e. The number of ether oxygens (including phenoxy) is 1. The van der Waals surface area contributed by atoms with Gasteiger partial charge in [-0.3, -0.25) is 4.79 Å². The van der Waals surface area contributed by atoms with Crippen LogP contribution in [-0.2, 0) is 6.61 Å². The largest absolute Gasteiger partial charge is 0.485 e. The number of aromatic nitrogens is 2. The van der Waals surface area contributed by atoms with Gasteiger partial charge in [-0.05, 0) is 43.5 Å². The van der Waals surface area contributed by atoms with E-state index < -0.39 is 0 Å². The van der Waals surface area contributed by atoms with E-state index in [0.717, 1.165) is 12.8 Å². The molecule has 1 aliphatic rings. The topological polar surface area (TPSA) is 88.7 Å². The Morgan fingerprint density at radius 3 is 2.83 bits per heavy atom. The number of hydrogen-bond acceptors (Lipinski definition) is 6. The number of aryl methyl sites for hydroxylation is 1. The monoisotopic (exact) mass is 331 g/mol. The second kappa shape index (κ2) is 7.44. The number of benzene rings is 1. The fourth-order valence-electron chi connectivity index (χ4n) is 2.71. The molecule has 0 aliphatic carbocycles. The average molecular weight is 331 g/mol. The molecule has 1 fully saturated rings. The van der Waals surface area contributed by atoms with Gasteiger partial charge in [0.15, 0.2) is 6.61 Å². The fraction of sp³-hybridized carbons (Fsp3) is 0.471. The summed E-state index contributed by atoms with van der Waals surface area (Å²) in [6, 6.07) is 7.01. The molecular formula is C17H21N3O4. The predicted octanol–water partition coefficient (Wildman–Crippen LogP) is 1.94. The van der Waals surface area contributed by atoms with Crippen LogP contribution in [0.25, 0.3) is 0 Å². The van der Waals surface area contributed by atoms with Gasteiger partial charge in [-0.2, -0.15) is 4.98 Å². The minimum absolute atomic E-state index is 0.00978. The Labute approximate surface area is 140 Å². The van der Waals surface area contributed by atoms with Gasteiger partial charge in [-0.1, -0.05) is 5.16 Å². The lowest BCUT2D eigenvalue weighted by atomic mass is 10.2. The van der Waals surface area contributed by atoms with Crippen LogP contribution in [0.1, 0.15) is 41.3 Å². The molecule has 0 radical (unpaired) electrons. The van der Waals surface area contributed by atoms with Gasteiger partial charge in [-0.15, -0.1) is 0 Å². The molecular weight excluding hydrogens is 310 g/mol. The lowest BCUT2D eigenvalue weighted by Gasteiger charge is -2.20. The van der Waals surface area contributed by atoms with Crippen LogP contribution in [-0.4, -0.2) is 45.2 Å². The number of rotatable bonds is 4. The van der Waals surface area contributed by atoms with Crippen molar-refractivity contribution in [2.24, 2.45) is 0 Å². The number of likely N-dealkylation sites (tertiary alicyclic amines) is 1. The van der Waals surface area contributed by atoms with Crippen LogP contribution in [0.2, 0.25) is 0 Å². The van der Waals surface area contributed by atoms with Crippen molar-refractivity contribution < 1.29 is 19.2 Å². The quantitative estimate of drug-likeness (QED) is 0.921. The molecule has 1 aromatic heterocycles. The molecule has 2 heterocycles. The maximum atomic E-state index is 12.5. The minimum Gasteiger partial charge on any atom is -0.485 e. The molecule has 1 N–H and O–H groups in total.